The van der Waals surface area contributed by atoms with E-state index in [2.05, 4.69) is 25.6 Å². The van der Waals surface area contributed by atoms with Crippen LogP contribution in [0, 0.1) is 0 Å². The van der Waals surface area contributed by atoms with Crippen LogP contribution < -0.4 is 10.6 Å². The number of anilines is 1. The lowest BCUT2D eigenvalue weighted by Gasteiger charge is -2.09. The first-order valence-corrected chi connectivity index (χ1v) is 5.74. The largest absolute Gasteiger partial charge is 0.383 e. The Labute approximate surface area is 105 Å². The second-order valence-electron chi connectivity index (χ2n) is 3.71. The molecule has 0 aromatic carbocycles. The van der Waals surface area contributed by atoms with Crippen molar-refractivity contribution in [3.8, 4) is 0 Å². The SMILES string of the molecule is CCNc1cnccc1C(=O)NCc1cnc[nH]1. The van der Waals surface area contributed by atoms with E-state index in [0.717, 1.165) is 17.9 Å². The number of pyridine rings is 1. The molecule has 2 aromatic rings. The first-order chi connectivity index (χ1) is 8.81. The minimum absolute atomic E-state index is 0.136. The van der Waals surface area contributed by atoms with Crippen LogP contribution in [0.2, 0.25) is 0 Å². The average Bonchev–Trinajstić information content (AvgIpc) is 2.90. The summed E-state index contributed by atoms with van der Waals surface area (Å²) in [7, 11) is 0. The lowest BCUT2D eigenvalue weighted by molar-refractivity contribution is 0.0951. The third-order valence-corrected chi connectivity index (χ3v) is 2.43. The van der Waals surface area contributed by atoms with Crippen molar-refractivity contribution in [3.63, 3.8) is 0 Å². The predicted molar refractivity (Wildman–Crippen MR) is 68.2 cm³/mol. The summed E-state index contributed by atoms with van der Waals surface area (Å²) in [6.45, 7) is 3.14. The van der Waals surface area contributed by atoms with Crippen LogP contribution in [-0.2, 0) is 6.54 Å². The Morgan fingerprint density at radius 2 is 2.28 bits per heavy atom. The zero-order chi connectivity index (χ0) is 12.8. The van der Waals surface area contributed by atoms with Gasteiger partial charge in [0.1, 0.15) is 0 Å². The van der Waals surface area contributed by atoms with Crippen molar-refractivity contribution in [2.24, 2.45) is 0 Å². The van der Waals surface area contributed by atoms with Gasteiger partial charge in [-0.05, 0) is 13.0 Å². The normalized spacial score (nSPS) is 10.1. The molecule has 6 heteroatoms. The Hall–Kier alpha value is -2.37. The van der Waals surface area contributed by atoms with E-state index in [-0.39, 0.29) is 5.91 Å². The van der Waals surface area contributed by atoms with Gasteiger partial charge in [0.2, 0.25) is 0 Å². The third-order valence-electron chi connectivity index (χ3n) is 2.43. The standard InChI is InChI=1S/C12H15N5O/c1-2-15-11-7-13-4-3-10(11)12(18)16-6-9-5-14-8-17-9/h3-5,7-8,15H,2,6H2,1H3,(H,14,17)(H,16,18). The lowest BCUT2D eigenvalue weighted by atomic mass is 10.2. The Bertz CT molecular complexity index is 509. The summed E-state index contributed by atoms with van der Waals surface area (Å²) in [6, 6.07) is 1.69. The number of carbonyl (C=O) groups excluding carboxylic acids is 1. The maximum Gasteiger partial charge on any atom is 0.253 e. The molecule has 0 fully saturated rings. The van der Waals surface area contributed by atoms with Gasteiger partial charge in [0, 0.05) is 18.9 Å². The molecule has 6 nitrogen and oxygen atoms in total. The number of H-pyrrole nitrogens is 1. The van der Waals surface area contributed by atoms with Gasteiger partial charge in [0.25, 0.3) is 5.91 Å². The zero-order valence-electron chi connectivity index (χ0n) is 10.1. The molecule has 0 unspecified atom stereocenters. The summed E-state index contributed by atoms with van der Waals surface area (Å²) in [4.78, 5) is 22.8. The van der Waals surface area contributed by atoms with Crippen LogP contribution in [0.4, 0.5) is 5.69 Å². The fourth-order valence-electron chi connectivity index (χ4n) is 1.58. The summed E-state index contributed by atoms with van der Waals surface area (Å²) < 4.78 is 0. The highest BCUT2D eigenvalue weighted by Crippen LogP contribution is 2.12. The molecule has 0 saturated carbocycles. The molecular weight excluding hydrogens is 230 g/mol. The van der Waals surface area contributed by atoms with E-state index in [1.165, 1.54) is 0 Å². The second-order valence-corrected chi connectivity index (χ2v) is 3.71. The van der Waals surface area contributed by atoms with Crippen molar-refractivity contribution in [1.82, 2.24) is 20.3 Å². The van der Waals surface area contributed by atoms with E-state index in [4.69, 9.17) is 0 Å². The molecule has 2 rings (SSSR count). The van der Waals surface area contributed by atoms with Crippen LogP contribution in [0.3, 0.4) is 0 Å². The summed E-state index contributed by atoms with van der Waals surface area (Å²) >= 11 is 0. The van der Waals surface area contributed by atoms with Gasteiger partial charge < -0.3 is 15.6 Å². The molecule has 94 valence electrons. The van der Waals surface area contributed by atoms with E-state index in [9.17, 15) is 4.79 Å². The minimum Gasteiger partial charge on any atom is -0.383 e. The molecular formula is C12H15N5O. The van der Waals surface area contributed by atoms with Gasteiger partial charge in [-0.3, -0.25) is 9.78 Å². The maximum atomic E-state index is 12.0. The van der Waals surface area contributed by atoms with E-state index in [1.54, 1.807) is 31.0 Å². The van der Waals surface area contributed by atoms with Gasteiger partial charge in [-0.15, -0.1) is 0 Å². The van der Waals surface area contributed by atoms with Crippen molar-refractivity contribution in [3.05, 3.63) is 42.2 Å². The molecule has 0 saturated heterocycles. The predicted octanol–water partition coefficient (Wildman–Crippen LogP) is 1.17. The summed E-state index contributed by atoms with van der Waals surface area (Å²) in [6.07, 6.45) is 6.51. The molecule has 0 atom stereocenters. The Morgan fingerprint density at radius 1 is 1.39 bits per heavy atom. The second kappa shape index (κ2) is 5.81. The van der Waals surface area contributed by atoms with Crippen LogP contribution >= 0.6 is 0 Å². The molecule has 2 aromatic heterocycles. The van der Waals surface area contributed by atoms with Crippen molar-refractivity contribution in [2.75, 3.05) is 11.9 Å². The fourth-order valence-corrected chi connectivity index (χ4v) is 1.58. The highest BCUT2D eigenvalue weighted by atomic mass is 16.1. The van der Waals surface area contributed by atoms with Gasteiger partial charge in [-0.1, -0.05) is 0 Å². The Balaban J connectivity index is 2.04. The first kappa shape index (κ1) is 12.1. The number of nitrogens with zero attached hydrogens (tertiary/aromatic N) is 2. The molecule has 3 N–H and O–H groups in total. The molecule has 1 amide bonds. The summed E-state index contributed by atoms with van der Waals surface area (Å²) in [5.74, 6) is -0.136. The lowest BCUT2D eigenvalue weighted by Crippen LogP contribution is -2.24. The third kappa shape index (κ3) is 2.85. The first-order valence-electron chi connectivity index (χ1n) is 5.74. The number of nitrogens with one attached hydrogen (secondary N) is 3. The summed E-state index contributed by atoms with van der Waals surface area (Å²) in [5, 5.41) is 5.93. The smallest absolute Gasteiger partial charge is 0.253 e. The zero-order valence-corrected chi connectivity index (χ0v) is 10.1. The van der Waals surface area contributed by atoms with Gasteiger partial charge in [-0.25, -0.2) is 4.98 Å². The number of imidazole rings is 1. The number of aromatic nitrogens is 3. The van der Waals surface area contributed by atoms with Crippen molar-refractivity contribution >= 4 is 11.6 Å². The molecule has 0 spiro atoms. The van der Waals surface area contributed by atoms with Crippen molar-refractivity contribution in [2.45, 2.75) is 13.5 Å². The molecule has 0 bridgehead atoms. The average molecular weight is 245 g/mol. The minimum atomic E-state index is -0.136. The van der Waals surface area contributed by atoms with Crippen LogP contribution in [-0.4, -0.2) is 27.4 Å². The molecule has 0 radical (unpaired) electrons. The van der Waals surface area contributed by atoms with Crippen LogP contribution in [0.15, 0.2) is 31.0 Å². The number of amides is 1. The van der Waals surface area contributed by atoms with E-state index in [0.29, 0.717) is 12.1 Å². The quantitative estimate of drug-likeness (QED) is 0.738. The fraction of sp³-hybridized carbons (Fsp3) is 0.250. The number of aromatic amines is 1. The van der Waals surface area contributed by atoms with E-state index >= 15 is 0 Å². The summed E-state index contributed by atoms with van der Waals surface area (Å²) in [5.41, 5.74) is 2.19. The molecule has 0 aliphatic heterocycles. The van der Waals surface area contributed by atoms with Gasteiger partial charge in [-0.2, -0.15) is 0 Å². The van der Waals surface area contributed by atoms with Gasteiger partial charge in [0.15, 0.2) is 0 Å². The van der Waals surface area contributed by atoms with Crippen molar-refractivity contribution < 1.29 is 4.79 Å². The van der Waals surface area contributed by atoms with Gasteiger partial charge in [0.05, 0.1) is 36.0 Å². The van der Waals surface area contributed by atoms with Gasteiger partial charge >= 0.3 is 0 Å². The monoisotopic (exact) mass is 245 g/mol. The van der Waals surface area contributed by atoms with Crippen molar-refractivity contribution in [1.29, 1.82) is 0 Å². The topological polar surface area (TPSA) is 82.7 Å². The van der Waals surface area contributed by atoms with E-state index in [1.807, 2.05) is 6.92 Å². The Kier molecular flexibility index (Phi) is 3.90. The van der Waals surface area contributed by atoms with Crippen LogP contribution in [0.25, 0.3) is 0 Å². The number of hydrogen-bond acceptors (Lipinski definition) is 4. The number of hydrogen-bond donors (Lipinski definition) is 3. The molecule has 0 aliphatic carbocycles. The Morgan fingerprint density at radius 3 is 3.00 bits per heavy atom. The molecule has 18 heavy (non-hydrogen) atoms. The molecule has 0 aliphatic rings. The number of carbonyl (C=O) groups is 1. The highest BCUT2D eigenvalue weighted by Gasteiger charge is 2.10. The maximum absolute atomic E-state index is 12.0. The van der Waals surface area contributed by atoms with Crippen LogP contribution in [0.1, 0.15) is 23.0 Å². The van der Waals surface area contributed by atoms with E-state index < -0.39 is 0 Å². The molecule has 2 heterocycles. The van der Waals surface area contributed by atoms with Crippen LogP contribution in [0.5, 0.6) is 0 Å². The highest BCUT2D eigenvalue weighted by molar-refractivity contribution is 5.99. The number of rotatable bonds is 5.